The van der Waals surface area contributed by atoms with E-state index >= 15 is 0 Å². The molecule has 0 fully saturated rings. The summed E-state index contributed by atoms with van der Waals surface area (Å²) in [5.74, 6) is -2.57. The molecule has 3 atom stereocenters. The number of halogens is 4. The molecule has 3 N–H and O–H groups in total. The molecule has 9 heteroatoms. The normalized spacial score (nSPS) is 20.4. The molecule has 0 spiro atoms. The second-order valence-electron chi connectivity index (χ2n) is 7.36. The smallest absolute Gasteiger partial charge is 0.433 e. The Morgan fingerprint density at radius 2 is 1.84 bits per heavy atom. The lowest BCUT2D eigenvalue weighted by atomic mass is 9.80. The Hall–Kier alpha value is -2.32. The van der Waals surface area contributed by atoms with Crippen molar-refractivity contribution in [2.24, 2.45) is 5.92 Å². The van der Waals surface area contributed by atoms with E-state index < -0.39 is 47.3 Å². The molecule has 0 saturated carbocycles. The van der Waals surface area contributed by atoms with Crippen LogP contribution in [0.15, 0.2) is 47.2 Å². The molecule has 5 nitrogen and oxygen atoms in total. The summed E-state index contributed by atoms with van der Waals surface area (Å²) in [5.41, 5.74) is -1.73. The Morgan fingerprint density at radius 1 is 1.23 bits per heavy atom. The lowest BCUT2D eigenvalue weighted by Gasteiger charge is -2.35. The first-order valence-electron chi connectivity index (χ1n) is 9.95. The van der Waals surface area contributed by atoms with Gasteiger partial charge in [0.05, 0.1) is 6.10 Å². The predicted octanol–water partition coefficient (Wildman–Crippen LogP) is 6.40. The van der Waals surface area contributed by atoms with E-state index in [9.17, 15) is 28.2 Å². The Morgan fingerprint density at radius 3 is 2.32 bits per heavy atom. The van der Waals surface area contributed by atoms with E-state index in [0.29, 0.717) is 29.8 Å². The van der Waals surface area contributed by atoms with E-state index in [0.717, 1.165) is 0 Å². The number of aliphatic hydroxyl groups is 1. The highest BCUT2D eigenvalue weighted by atomic mass is 35.5. The van der Waals surface area contributed by atoms with Gasteiger partial charge in [0.15, 0.2) is 6.10 Å². The van der Waals surface area contributed by atoms with Gasteiger partial charge >= 0.3 is 12.1 Å². The van der Waals surface area contributed by atoms with Crippen molar-refractivity contribution in [3.8, 4) is 0 Å². The highest BCUT2D eigenvalue weighted by Gasteiger charge is 2.43. The van der Waals surface area contributed by atoms with Crippen molar-refractivity contribution in [1.82, 2.24) is 0 Å². The molecule has 1 aliphatic rings. The quantitative estimate of drug-likeness (QED) is 0.372. The number of nitrogens with one attached hydrogen (secondary N) is 1. The molecular formula is C22H25ClF3NO4. The van der Waals surface area contributed by atoms with Crippen LogP contribution in [0, 0.1) is 11.3 Å². The van der Waals surface area contributed by atoms with Crippen LogP contribution in [-0.2, 0) is 9.53 Å². The maximum absolute atomic E-state index is 13.2. The molecule has 0 amide bonds. The molecule has 3 unspecified atom stereocenters. The van der Waals surface area contributed by atoms with Gasteiger partial charge in [-0.25, -0.2) is 4.79 Å². The highest BCUT2D eigenvalue weighted by Crippen LogP contribution is 2.40. The third-order valence-corrected chi connectivity index (χ3v) is 5.30. The van der Waals surface area contributed by atoms with Gasteiger partial charge in [-0.2, -0.15) is 13.2 Å². The number of alkyl halides is 3. The topological polar surface area (TPSA) is 90.6 Å². The van der Waals surface area contributed by atoms with Crippen molar-refractivity contribution in [2.45, 2.75) is 57.9 Å². The molecule has 0 radical (unpaired) electrons. The SMILES string of the molecule is CCCC1=C(O)C(C(=N)C(F)(F)F)=CC(CCC)C1OC(C(=O)O)c1ccc(Cl)cc1. The molecule has 31 heavy (non-hydrogen) atoms. The van der Waals surface area contributed by atoms with E-state index in [4.69, 9.17) is 21.7 Å². The van der Waals surface area contributed by atoms with Crippen LogP contribution in [0.4, 0.5) is 13.2 Å². The fourth-order valence-electron chi connectivity index (χ4n) is 3.65. The van der Waals surface area contributed by atoms with Crippen molar-refractivity contribution in [3.63, 3.8) is 0 Å². The Labute approximate surface area is 183 Å². The van der Waals surface area contributed by atoms with Crippen LogP contribution in [0.3, 0.4) is 0 Å². The summed E-state index contributed by atoms with van der Waals surface area (Å²) < 4.78 is 45.5. The summed E-state index contributed by atoms with van der Waals surface area (Å²) in [6, 6.07) is 6.04. The second-order valence-corrected chi connectivity index (χ2v) is 7.79. The number of carbonyl (C=O) groups is 1. The Kier molecular flexibility index (Phi) is 8.31. The third kappa shape index (κ3) is 5.89. The highest BCUT2D eigenvalue weighted by molar-refractivity contribution is 6.30. The molecule has 0 aliphatic heterocycles. The Bertz CT molecular complexity index is 878. The molecule has 1 aromatic rings. The number of aliphatic hydroxyl groups excluding tert-OH is 1. The fraction of sp³-hybridized carbons (Fsp3) is 0.455. The average molecular weight is 460 g/mol. The van der Waals surface area contributed by atoms with Crippen molar-refractivity contribution >= 4 is 23.3 Å². The number of allylic oxidation sites excluding steroid dienone is 1. The summed E-state index contributed by atoms with van der Waals surface area (Å²) in [4.78, 5) is 11.9. The van der Waals surface area contributed by atoms with E-state index in [-0.39, 0.29) is 12.0 Å². The summed E-state index contributed by atoms with van der Waals surface area (Å²) >= 11 is 5.87. The monoisotopic (exact) mass is 459 g/mol. The molecule has 0 saturated heterocycles. The summed E-state index contributed by atoms with van der Waals surface area (Å²) in [6.07, 6.45) is -4.41. The minimum Gasteiger partial charge on any atom is -0.507 e. The standard InChI is InChI=1S/C22H25ClF3NO4/c1-3-5-13-11-16(20(27)22(24,25)26)17(28)15(6-4-2)18(13)31-19(21(29)30)12-7-9-14(23)10-8-12/h7-11,13,18-19,27-28H,3-6H2,1-2H3,(H,29,30). The number of ether oxygens (including phenoxy) is 1. The van der Waals surface area contributed by atoms with E-state index in [1.807, 2.05) is 6.92 Å². The zero-order valence-electron chi connectivity index (χ0n) is 17.2. The molecular weight excluding hydrogens is 435 g/mol. The molecule has 0 aromatic heterocycles. The maximum Gasteiger partial charge on any atom is 0.433 e. The average Bonchev–Trinajstić information content (AvgIpc) is 2.69. The molecule has 170 valence electrons. The lowest BCUT2D eigenvalue weighted by Crippen LogP contribution is -2.36. The minimum atomic E-state index is -4.92. The van der Waals surface area contributed by atoms with Crippen molar-refractivity contribution in [3.05, 3.63) is 57.8 Å². The van der Waals surface area contributed by atoms with Crippen LogP contribution in [0.2, 0.25) is 5.02 Å². The molecule has 0 bridgehead atoms. The number of aliphatic carboxylic acids is 1. The van der Waals surface area contributed by atoms with Gasteiger partial charge in [-0.1, -0.05) is 56.5 Å². The number of carboxylic acid groups (broad SMARTS) is 1. The van der Waals surface area contributed by atoms with Gasteiger partial charge in [0.2, 0.25) is 0 Å². The number of carboxylic acids is 1. The van der Waals surface area contributed by atoms with Crippen LogP contribution in [0.1, 0.15) is 51.2 Å². The summed E-state index contributed by atoms with van der Waals surface area (Å²) in [6.45, 7) is 3.62. The molecule has 1 aromatic carbocycles. The van der Waals surface area contributed by atoms with Crippen molar-refractivity contribution < 1.29 is 32.9 Å². The van der Waals surface area contributed by atoms with Crippen molar-refractivity contribution in [2.75, 3.05) is 0 Å². The number of hydrogen-bond acceptors (Lipinski definition) is 4. The van der Waals surface area contributed by atoms with E-state index in [2.05, 4.69) is 0 Å². The zero-order valence-corrected chi connectivity index (χ0v) is 17.9. The van der Waals surface area contributed by atoms with Crippen LogP contribution in [-0.4, -0.2) is 34.2 Å². The van der Waals surface area contributed by atoms with Gasteiger partial charge in [0.1, 0.15) is 11.5 Å². The first kappa shape index (κ1) is 24.9. The number of benzene rings is 1. The maximum atomic E-state index is 13.2. The van der Waals surface area contributed by atoms with Crippen molar-refractivity contribution in [1.29, 1.82) is 5.41 Å². The summed E-state index contributed by atoms with van der Waals surface area (Å²) in [7, 11) is 0. The van der Waals surface area contributed by atoms with E-state index in [1.54, 1.807) is 6.92 Å². The number of rotatable bonds is 9. The van der Waals surface area contributed by atoms with Crippen LogP contribution >= 0.6 is 11.6 Å². The lowest BCUT2D eigenvalue weighted by molar-refractivity contribution is -0.155. The van der Waals surface area contributed by atoms with Crippen LogP contribution in [0.5, 0.6) is 0 Å². The molecule has 2 rings (SSSR count). The van der Waals surface area contributed by atoms with Gasteiger partial charge in [-0.05, 0) is 30.5 Å². The molecule has 0 heterocycles. The van der Waals surface area contributed by atoms with Gasteiger partial charge in [0.25, 0.3) is 0 Å². The fourth-order valence-corrected chi connectivity index (χ4v) is 3.77. The Balaban J connectivity index is 2.52. The van der Waals surface area contributed by atoms with Crippen LogP contribution in [0.25, 0.3) is 0 Å². The third-order valence-electron chi connectivity index (χ3n) is 5.05. The van der Waals surface area contributed by atoms with Gasteiger partial charge in [-0.15, -0.1) is 0 Å². The predicted molar refractivity (Wildman–Crippen MR) is 112 cm³/mol. The first-order valence-corrected chi connectivity index (χ1v) is 10.3. The minimum absolute atomic E-state index is 0.174. The van der Waals surface area contributed by atoms with Crippen LogP contribution < -0.4 is 0 Å². The van der Waals surface area contributed by atoms with Gasteiger partial charge < -0.3 is 14.9 Å². The largest absolute Gasteiger partial charge is 0.507 e. The second kappa shape index (κ2) is 10.3. The number of hydrogen-bond donors (Lipinski definition) is 3. The van der Waals surface area contributed by atoms with E-state index in [1.165, 1.54) is 30.3 Å². The van der Waals surface area contributed by atoms with Gasteiger partial charge in [-0.3, -0.25) is 5.41 Å². The van der Waals surface area contributed by atoms with Gasteiger partial charge in [0, 0.05) is 22.1 Å². The zero-order chi connectivity index (χ0) is 23.3. The summed E-state index contributed by atoms with van der Waals surface area (Å²) in [5, 5.41) is 28.3. The molecule has 1 aliphatic carbocycles. The first-order chi connectivity index (χ1) is 14.5.